The number of ketones is 1. The molecule has 1 N–H and O–H groups in total. The highest BCUT2D eigenvalue weighted by molar-refractivity contribution is 9.10. The summed E-state index contributed by atoms with van der Waals surface area (Å²) in [5.74, 6) is -1.42. The van der Waals surface area contributed by atoms with Gasteiger partial charge >= 0.3 is 0 Å². The van der Waals surface area contributed by atoms with Gasteiger partial charge in [0.25, 0.3) is 11.7 Å². The summed E-state index contributed by atoms with van der Waals surface area (Å²) in [5, 5.41) is 11.1. The molecule has 0 aromatic heterocycles. The van der Waals surface area contributed by atoms with Crippen molar-refractivity contribution in [2.75, 3.05) is 13.2 Å². The number of hydrogen-bond acceptors (Lipinski definition) is 4. The lowest BCUT2D eigenvalue weighted by atomic mass is 9.85. The molecule has 33 heavy (non-hydrogen) atoms. The van der Waals surface area contributed by atoms with Gasteiger partial charge in [0.1, 0.15) is 5.76 Å². The first-order valence-electron chi connectivity index (χ1n) is 11.3. The average Bonchev–Trinajstić information content (AvgIpc) is 3.01. The van der Waals surface area contributed by atoms with Crippen LogP contribution in [0.5, 0.6) is 0 Å². The van der Waals surface area contributed by atoms with Gasteiger partial charge in [-0.15, -0.1) is 0 Å². The second-order valence-electron chi connectivity index (χ2n) is 9.64. The number of hydrogen-bond donors (Lipinski definition) is 1. The number of halogens is 1. The first-order valence-corrected chi connectivity index (χ1v) is 12.1. The van der Waals surface area contributed by atoms with Crippen LogP contribution in [-0.4, -0.2) is 41.0 Å². The molecule has 0 bridgehead atoms. The Hall–Kier alpha value is -2.44. The van der Waals surface area contributed by atoms with Crippen LogP contribution in [0, 0.1) is 0 Å². The van der Waals surface area contributed by atoms with Gasteiger partial charge in [-0.05, 0) is 48.9 Å². The van der Waals surface area contributed by atoms with Gasteiger partial charge in [-0.2, -0.15) is 0 Å². The molecule has 0 radical (unpaired) electrons. The summed E-state index contributed by atoms with van der Waals surface area (Å²) in [6.45, 7) is 11.2. The van der Waals surface area contributed by atoms with E-state index in [2.05, 4.69) is 36.7 Å². The maximum absolute atomic E-state index is 13.1. The first kappa shape index (κ1) is 25.2. The molecular formula is C27H32BrNO4. The molecule has 1 heterocycles. The lowest BCUT2D eigenvalue weighted by Crippen LogP contribution is -2.31. The number of rotatable bonds is 7. The number of aliphatic hydroxyl groups excluding tert-OH is 1. The van der Waals surface area contributed by atoms with Crippen molar-refractivity contribution in [3.05, 3.63) is 75.3 Å². The number of nitrogens with zero attached hydrogens (tertiary/aromatic N) is 1. The Bertz CT molecular complexity index is 1030. The van der Waals surface area contributed by atoms with Crippen LogP contribution in [0.15, 0.2) is 58.6 Å². The van der Waals surface area contributed by atoms with Gasteiger partial charge in [-0.25, -0.2) is 0 Å². The molecule has 1 aliphatic heterocycles. The number of benzene rings is 2. The molecule has 1 fully saturated rings. The highest BCUT2D eigenvalue weighted by Gasteiger charge is 2.45. The Morgan fingerprint density at radius 2 is 1.67 bits per heavy atom. The maximum Gasteiger partial charge on any atom is 0.295 e. The third-order valence-electron chi connectivity index (χ3n) is 5.74. The molecule has 0 unspecified atom stereocenters. The summed E-state index contributed by atoms with van der Waals surface area (Å²) in [6.07, 6.45) is 0.693. The van der Waals surface area contributed by atoms with Crippen molar-refractivity contribution in [3.63, 3.8) is 0 Å². The highest BCUT2D eigenvalue weighted by Crippen LogP contribution is 2.40. The highest BCUT2D eigenvalue weighted by atomic mass is 79.9. The summed E-state index contributed by atoms with van der Waals surface area (Å²) in [4.78, 5) is 27.7. The van der Waals surface area contributed by atoms with E-state index in [-0.39, 0.29) is 22.9 Å². The number of carbonyl (C=O) groups excluding carboxylic acids is 2. The summed E-state index contributed by atoms with van der Waals surface area (Å²) in [5.41, 5.74) is 2.55. The summed E-state index contributed by atoms with van der Waals surface area (Å²) < 4.78 is 6.48. The van der Waals surface area contributed by atoms with Gasteiger partial charge < -0.3 is 14.7 Å². The Morgan fingerprint density at radius 1 is 1.06 bits per heavy atom. The van der Waals surface area contributed by atoms with Crippen molar-refractivity contribution >= 4 is 33.4 Å². The minimum absolute atomic E-state index is 0.0219. The second-order valence-corrected chi connectivity index (χ2v) is 10.6. The van der Waals surface area contributed by atoms with E-state index < -0.39 is 17.7 Å². The zero-order valence-corrected chi connectivity index (χ0v) is 21.5. The van der Waals surface area contributed by atoms with E-state index in [1.165, 1.54) is 0 Å². The normalized spacial score (nSPS) is 18.4. The third-order valence-corrected chi connectivity index (χ3v) is 6.27. The van der Waals surface area contributed by atoms with Gasteiger partial charge in [-0.3, -0.25) is 9.59 Å². The minimum Gasteiger partial charge on any atom is -0.507 e. The van der Waals surface area contributed by atoms with Gasteiger partial charge in [0.05, 0.1) is 17.7 Å². The topological polar surface area (TPSA) is 66.8 Å². The van der Waals surface area contributed by atoms with Crippen LogP contribution in [-0.2, 0) is 19.7 Å². The van der Waals surface area contributed by atoms with E-state index in [9.17, 15) is 14.7 Å². The fourth-order valence-corrected chi connectivity index (χ4v) is 4.20. The first-order chi connectivity index (χ1) is 15.5. The fourth-order valence-electron chi connectivity index (χ4n) is 3.94. The molecule has 5 nitrogen and oxygen atoms in total. The standard InChI is InChI=1S/C27H32BrNO4/c1-17(2)33-16-6-15-29-23(18-7-11-20(12-8-18)27(3,4)5)22(25(31)26(29)32)24(30)19-9-13-21(28)14-10-19/h7-14,17,23,30H,6,15-16H2,1-5H3/t23-/m1/s1. The molecule has 1 saturated heterocycles. The predicted molar refractivity (Wildman–Crippen MR) is 134 cm³/mol. The Morgan fingerprint density at radius 3 is 2.21 bits per heavy atom. The van der Waals surface area contributed by atoms with Crippen LogP contribution in [0.1, 0.15) is 63.8 Å². The molecule has 0 aliphatic carbocycles. The number of ether oxygens (including phenoxy) is 1. The molecule has 1 amide bonds. The third kappa shape index (κ3) is 5.74. The minimum atomic E-state index is -0.662. The van der Waals surface area contributed by atoms with Crippen molar-refractivity contribution in [2.45, 2.75) is 58.6 Å². The van der Waals surface area contributed by atoms with Crippen molar-refractivity contribution in [1.29, 1.82) is 0 Å². The predicted octanol–water partition coefficient (Wildman–Crippen LogP) is 5.98. The van der Waals surface area contributed by atoms with Crippen molar-refractivity contribution in [3.8, 4) is 0 Å². The largest absolute Gasteiger partial charge is 0.507 e. The average molecular weight is 514 g/mol. The van der Waals surface area contributed by atoms with Gasteiger partial charge in [-0.1, -0.05) is 73.1 Å². The smallest absolute Gasteiger partial charge is 0.295 e. The van der Waals surface area contributed by atoms with Gasteiger partial charge in [0.2, 0.25) is 0 Å². The molecule has 2 aromatic carbocycles. The van der Waals surface area contributed by atoms with Crippen LogP contribution in [0.3, 0.4) is 0 Å². The quantitative estimate of drug-likeness (QED) is 0.214. The molecule has 3 rings (SSSR count). The number of aliphatic hydroxyl groups is 1. The van der Waals surface area contributed by atoms with Crippen LogP contribution < -0.4 is 0 Å². The van der Waals surface area contributed by atoms with E-state index >= 15 is 0 Å². The Labute approximate surface area is 204 Å². The van der Waals surface area contributed by atoms with Crippen molar-refractivity contribution < 1.29 is 19.4 Å². The zero-order chi connectivity index (χ0) is 24.3. The molecule has 176 valence electrons. The lowest BCUT2D eigenvalue weighted by molar-refractivity contribution is -0.140. The molecule has 1 atom stereocenters. The number of Topliss-reactive ketones (excluding diaryl/α,β-unsaturated/α-hetero) is 1. The molecule has 1 aliphatic rings. The number of likely N-dealkylation sites (tertiary alicyclic amines) is 1. The van der Waals surface area contributed by atoms with Gasteiger partial charge in [0, 0.05) is 23.2 Å². The number of amides is 1. The van der Waals surface area contributed by atoms with E-state index in [4.69, 9.17) is 4.74 Å². The van der Waals surface area contributed by atoms with Crippen LogP contribution >= 0.6 is 15.9 Å². The summed E-state index contributed by atoms with van der Waals surface area (Å²) >= 11 is 3.39. The monoisotopic (exact) mass is 513 g/mol. The fraction of sp³-hybridized carbons (Fsp3) is 0.407. The van der Waals surface area contributed by atoms with Crippen molar-refractivity contribution in [2.24, 2.45) is 0 Å². The lowest BCUT2D eigenvalue weighted by Gasteiger charge is -2.26. The van der Waals surface area contributed by atoms with Gasteiger partial charge in [0.15, 0.2) is 0 Å². The zero-order valence-electron chi connectivity index (χ0n) is 19.9. The Balaban J connectivity index is 2.04. The molecule has 0 spiro atoms. The van der Waals surface area contributed by atoms with E-state index in [1.807, 2.05) is 38.1 Å². The summed E-state index contributed by atoms with van der Waals surface area (Å²) in [7, 11) is 0. The number of carbonyl (C=O) groups is 2. The van der Waals surface area contributed by atoms with Crippen LogP contribution in [0.4, 0.5) is 0 Å². The molecular weight excluding hydrogens is 482 g/mol. The Kier molecular flexibility index (Phi) is 7.80. The molecule has 0 saturated carbocycles. The van der Waals surface area contributed by atoms with E-state index in [1.54, 1.807) is 29.2 Å². The van der Waals surface area contributed by atoms with Crippen LogP contribution in [0.25, 0.3) is 5.76 Å². The van der Waals surface area contributed by atoms with E-state index in [0.717, 1.165) is 15.6 Å². The molecule has 6 heteroatoms. The SMILES string of the molecule is CC(C)OCCCN1C(=O)C(=O)C(=C(O)c2ccc(Br)cc2)[C@H]1c1ccc(C(C)(C)C)cc1. The second kappa shape index (κ2) is 10.2. The molecule has 2 aromatic rings. The van der Waals surface area contributed by atoms with E-state index in [0.29, 0.717) is 25.1 Å². The van der Waals surface area contributed by atoms with Crippen molar-refractivity contribution in [1.82, 2.24) is 4.90 Å². The van der Waals surface area contributed by atoms with Crippen LogP contribution in [0.2, 0.25) is 0 Å². The maximum atomic E-state index is 13.1. The summed E-state index contributed by atoms with van der Waals surface area (Å²) in [6, 6.07) is 14.3.